The van der Waals surface area contributed by atoms with E-state index in [2.05, 4.69) is 24.9 Å². The molecule has 0 unspecified atom stereocenters. The summed E-state index contributed by atoms with van der Waals surface area (Å²) in [5, 5.41) is 0. The molecule has 0 bridgehead atoms. The van der Waals surface area contributed by atoms with Gasteiger partial charge in [-0.05, 0) is 51.9 Å². The highest BCUT2D eigenvalue weighted by Crippen LogP contribution is 2.28. The number of hydrogen-bond donors (Lipinski definition) is 0. The van der Waals surface area contributed by atoms with Crippen molar-refractivity contribution in [2.75, 3.05) is 13.1 Å². The number of aldehydes is 1. The summed E-state index contributed by atoms with van der Waals surface area (Å²) in [4.78, 5) is 18.1. The Morgan fingerprint density at radius 1 is 1.25 bits per heavy atom. The van der Waals surface area contributed by atoms with E-state index in [1.807, 2.05) is 22.7 Å². The van der Waals surface area contributed by atoms with E-state index in [0.29, 0.717) is 17.5 Å². The molecule has 3 rings (SSSR count). The lowest BCUT2D eigenvalue weighted by molar-refractivity contribution is 0.112. The highest BCUT2D eigenvalue weighted by Gasteiger charge is 2.23. The first-order chi connectivity index (χ1) is 9.67. The second-order valence-corrected chi connectivity index (χ2v) is 5.92. The van der Waals surface area contributed by atoms with Gasteiger partial charge in [0.25, 0.3) is 0 Å². The molecule has 0 aliphatic carbocycles. The van der Waals surface area contributed by atoms with Crippen LogP contribution in [0.5, 0.6) is 0 Å². The third-order valence-electron chi connectivity index (χ3n) is 4.31. The van der Waals surface area contributed by atoms with Gasteiger partial charge in [-0.1, -0.05) is 0 Å². The number of pyridine rings is 1. The Morgan fingerprint density at radius 2 is 2.00 bits per heavy atom. The Labute approximate surface area is 119 Å². The van der Waals surface area contributed by atoms with Crippen molar-refractivity contribution in [3.8, 4) is 0 Å². The first-order valence-corrected chi connectivity index (χ1v) is 7.35. The van der Waals surface area contributed by atoms with Crippen LogP contribution in [0.15, 0.2) is 24.5 Å². The minimum absolute atomic E-state index is 0.546. The second kappa shape index (κ2) is 5.37. The van der Waals surface area contributed by atoms with Crippen molar-refractivity contribution in [1.82, 2.24) is 14.3 Å². The first kappa shape index (κ1) is 13.3. The molecule has 20 heavy (non-hydrogen) atoms. The predicted molar refractivity (Wildman–Crippen MR) is 79.3 cm³/mol. The molecule has 0 amide bonds. The summed E-state index contributed by atoms with van der Waals surface area (Å²) in [5.74, 6) is 0.546. The van der Waals surface area contributed by atoms with E-state index in [0.717, 1.165) is 30.7 Å². The average molecular weight is 271 g/mol. The number of imidazole rings is 1. The quantitative estimate of drug-likeness (QED) is 0.806. The molecule has 1 saturated heterocycles. The van der Waals surface area contributed by atoms with Gasteiger partial charge >= 0.3 is 0 Å². The molecule has 1 aliphatic heterocycles. The van der Waals surface area contributed by atoms with Crippen LogP contribution < -0.4 is 0 Å². The van der Waals surface area contributed by atoms with Crippen molar-refractivity contribution in [1.29, 1.82) is 0 Å². The molecule has 2 aromatic heterocycles. The number of nitrogens with zero attached hydrogens (tertiary/aromatic N) is 3. The number of carbonyl (C=O) groups is 1. The lowest BCUT2D eigenvalue weighted by atomic mass is 9.93. The normalized spacial score (nSPS) is 17.9. The summed E-state index contributed by atoms with van der Waals surface area (Å²) >= 11 is 0. The molecule has 2 aromatic rings. The molecular formula is C16H21N3O. The van der Waals surface area contributed by atoms with Gasteiger partial charge in [0, 0.05) is 29.9 Å². The SMILES string of the molecule is CC(C)N1CCC(c2cn3cc(C=O)ccc3n2)CC1. The van der Waals surface area contributed by atoms with Gasteiger partial charge in [0.1, 0.15) is 5.65 Å². The van der Waals surface area contributed by atoms with Crippen LogP contribution in [0.2, 0.25) is 0 Å². The standard InChI is InChI=1S/C16H21N3O/c1-12(2)18-7-5-14(6-8-18)15-10-19-9-13(11-20)3-4-16(19)17-15/h3-4,9-12,14H,5-8H2,1-2H3. The largest absolute Gasteiger partial charge is 0.306 e. The molecule has 106 valence electrons. The van der Waals surface area contributed by atoms with E-state index in [1.54, 1.807) is 0 Å². The molecule has 0 spiro atoms. The van der Waals surface area contributed by atoms with Crippen LogP contribution in [-0.2, 0) is 0 Å². The number of hydrogen-bond acceptors (Lipinski definition) is 3. The van der Waals surface area contributed by atoms with Gasteiger partial charge in [0.2, 0.25) is 0 Å². The fourth-order valence-corrected chi connectivity index (χ4v) is 3.01. The maximum absolute atomic E-state index is 10.8. The predicted octanol–water partition coefficient (Wildman–Crippen LogP) is 2.73. The number of likely N-dealkylation sites (tertiary alicyclic amines) is 1. The number of aromatic nitrogens is 2. The Hall–Kier alpha value is -1.68. The number of piperidine rings is 1. The van der Waals surface area contributed by atoms with Crippen molar-refractivity contribution in [3.05, 3.63) is 35.8 Å². The fourth-order valence-electron chi connectivity index (χ4n) is 3.01. The molecule has 1 aliphatic rings. The maximum atomic E-state index is 10.8. The van der Waals surface area contributed by atoms with Crippen molar-refractivity contribution < 1.29 is 4.79 Å². The van der Waals surface area contributed by atoms with Gasteiger partial charge < -0.3 is 9.30 Å². The highest BCUT2D eigenvalue weighted by molar-refractivity contribution is 5.74. The van der Waals surface area contributed by atoms with Crippen molar-refractivity contribution in [3.63, 3.8) is 0 Å². The lowest BCUT2D eigenvalue weighted by Crippen LogP contribution is -2.37. The number of carbonyl (C=O) groups excluding carboxylic acids is 1. The molecule has 0 N–H and O–H groups in total. The molecule has 0 atom stereocenters. The van der Waals surface area contributed by atoms with Crippen LogP contribution in [0.1, 0.15) is 48.7 Å². The highest BCUT2D eigenvalue weighted by atomic mass is 16.1. The van der Waals surface area contributed by atoms with Gasteiger partial charge in [-0.3, -0.25) is 4.79 Å². The Balaban J connectivity index is 1.79. The topological polar surface area (TPSA) is 37.6 Å². The maximum Gasteiger partial charge on any atom is 0.151 e. The van der Waals surface area contributed by atoms with E-state index >= 15 is 0 Å². The summed E-state index contributed by atoms with van der Waals surface area (Å²) in [5.41, 5.74) is 2.78. The van der Waals surface area contributed by atoms with Gasteiger partial charge in [-0.2, -0.15) is 0 Å². The van der Waals surface area contributed by atoms with Crippen LogP contribution in [0.25, 0.3) is 5.65 Å². The van der Waals surface area contributed by atoms with E-state index in [-0.39, 0.29) is 0 Å². The summed E-state index contributed by atoms with van der Waals surface area (Å²) in [6.45, 7) is 6.81. The zero-order valence-corrected chi connectivity index (χ0v) is 12.1. The molecule has 0 aromatic carbocycles. The van der Waals surface area contributed by atoms with Gasteiger partial charge in [-0.25, -0.2) is 4.98 Å². The van der Waals surface area contributed by atoms with E-state index in [4.69, 9.17) is 4.98 Å². The molecule has 4 nitrogen and oxygen atoms in total. The van der Waals surface area contributed by atoms with Crippen LogP contribution in [0.4, 0.5) is 0 Å². The van der Waals surface area contributed by atoms with E-state index in [1.165, 1.54) is 12.8 Å². The van der Waals surface area contributed by atoms with Crippen LogP contribution in [-0.4, -0.2) is 39.7 Å². The van der Waals surface area contributed by atoms with Crippen molar-refractivity contribution in [2.45, 2.75) is 38.6 Å². The number of rotatable bonds is 3. The monoisotopic (exact) mass is 271 g/mol. The zero-order valence-electron chi connectivity index (χ0n) is 12.1. The Morgan fingerprint density at radius 3 is 2.65 bits per heavy atom. The van der Waals surface area contributed by atoms with E-state index in [9.17, 15) is 4.79 Å². The summed E-state index contributed by atoms with van der Waals surface area (Å²) in [7, 11) is 0. The smallest absolute Gasteiger partial charge is 0.151 e. The minimum Gasteiger partial charge on any atom is -0.306 e. The molecular weight excluding hydrogens is 250 g/mol. The molecule has 0 radical (unpaired) electrons. The first-order valence-electron chi connectivity index (χ1n) is 7.35. The molecule has 1 fully saturated rings. The molecule has 0 saturated carbocycles. The summed E-state index contributed by atoms with van der Waals surface area (Å²) < 4.78 is 1.97. The Kier molecular flexibility index (Phi) is 3.57. The zero-order chi connectivity index (χ0) is 14.1. The van der Waals surface area contributed by atoms with Gasteiger partial charge in [-0.15, -0.1) is 0 Å². The van der Waals surface area contributed by atoms with Crippen LogP contribution >= 0.6 is 0 Å². The lowest BCUT2D eigenvalue weighted by Gasteiger charge is -2.33. The van der Waals surface area contributed by atoms with Crippen LogP contribution in [0.3, 0.4) is 0 Å². The van der Waals surface area contributed by atoms with Crippen molar-refractivity contribution >= 4 is 11.9 Å². The van der Waals surface area contributed by atoms with Crippen molar-refractivity contribution in [2.24, 2.45) is 0 Å². The third-order valence-corrected chi connectivity index (χ3v) is 4.31. The number of fused-ring (bicyclic) bond motifs is 1. The summed E-state index contributed by atoms with van der Waals surface area (Å²) in [6, 6.07) is 4.36. The average Bonchev–Trinajstić information content (AvgIpc) is 2.90. The fraction of sp³-hybridized carbons (Fsp3) is 0.500. The van der Waals surface area contributed by atoms with E-state index < -0.39 is 0 Å². The van der Waals surface area contributed by atoms with Crippen LogP contribution in [0, 0.1) is 0 Å². The van der Waals surface area contributed by atoms with Gasteiger partial charge in [0.05, 0.1) is 5.69 Å². The molecule has 3 heterocycles. The summed E-state index contributed by atoms with van der Waals surface area (Å²) in [6.07, 6.45) is 7.14. The second-order valence-electron chi connectivity index (χ2n) is 5.92. The minimum atomic E-state index is 0.546. The Bertz CT molecular complexity index is 609. The molecule has 4 heteroatoms. The van der Waals surface area contributed by atoms with Gasteiger partial charge in [0.15, 0.2) is 6.29 Å². The third kappa shape index (κ3) is 2.48.